The van der Waals surface area contributed by atoms with Crippen LogP contribution in [0.4, 0.5) is 0 Å². The molecule has 0 saturated carbocycles. The van der Waals surface area contributed by atoms with Crippen LogP contribution in [0.3, 0.4) is 0 Å². The second-order valence-corrected chi connectivity index (χ2v) is 10.8. The van der Waals surface area contributed by atoms with Crippen LogP contribution in [0.25, 0.3) is 0 Å². The molecular formula is C22H34O7S. The number of aliphatic carboxylic acids is 1. The Bertz CT molecular complexity index is 810. The van der Waals surface area contributed by atoms with Crippen molar-refractivity contribution < 1.29 is 32.0 Å². The molecule has 0 aliphatic carbocycles. The van der Waals surface area contributed by atoms with Crippen molar-refractivity contribution in [3.05, 3.63) is 35.9 Å². The summed E-state index contributed by atoms with van der Waals surface area (Å²) in [6.45, 7) is 8.60. The maximum atomic E-state index is 13.1. The molecule has 0 spiro atoms. The zero-order valence-corrected chi connectivity index (χ0v) is 19.5. The van der Waals surface area contributed by atoms with Crippen molar-refractivity contribution >= 4 is 22.1 Å². The molecule has 170 valence electrons. The topological polar surface area (TPSA) is 107 Å². The fourth-order valence-corrected chi connectivity index (χ4v) is 4.05. The van der Waals surface area contributed by atoms with Gasteiger partial charge in [0.2, 0.25) is 0 Å². The summed E-state index contributed by atoms with van der Waals surface area (Å²) in [4.78, 5) is 25.8. The molecule has 8 heteroatoms. The van der Waals surface area contributed by atoms with Crippen molar-refractivity contribution in [2.45, 2.75) is 59.5 Å². The number of rotatable bonds is 11. The Morgan fingerprint density at radius 1 is 1.10 bits per heavy atom. The quantitative estimate of drug-likeness (QED) is 0.411. The number of esters is 1. The predicted molar refractivity (Wildman–Crippen MR) is 114 cm³/mol. The Kier molecular flexibility index (Phi) is 9.05. The van der Waals surface area contributed by atoms with Crippen molar-refractivity contribution in [3.63, 3.8) is 0 Å². The summed E-state index contributed by atoms with van der Waals surface area (Å²) >= 11 is 0. The summed E-state index contributed by atoms with van der Waals surface area (Å²) in [5.74, 6) is -2.89. The van der Waals surface area contributed by atoms with E-state index in [0.29, 0.717) is 0 Å². The van der Waals surface area contributed by atoms with E-state index in [0.717, 1.165) is 11.8 Å². The van der Waals surface area contributed by atoms with E-state index in [-0.39, 0.29) is 31.8 Å². The van der Waals surface area contributed by atoms with Crippen LogP contribution in [0.2, 0.25) is 0 Å². The molecule has 0 fully saturated rings. The minimum atomic E-state index is -3.73. The fourth-order valence-electron chi connectivity index (χ4n) is 3.65. The number of carbonyl (C=O) groups is 2. The van der Waals surface area contributed by atoms with E-state index in [1.54, 1.807) is 20.8 Å². The van der Waals surface area contributed by atoms with Crippen LogP contribution in [0.5, 0.6) is 0 Å². The summed E-state index contributed by atoms with van der Waals surface area (Å²) in [6.07, 6.45) is 1.16. The van der Waals surface area contributed by atoms with Gasteiger partial charge in [-0.3, -0.25) is 13.8 Å². The molecule has 1 N–H and O–H groups in total. The first-order valence-electron chi connectivity index (χ1n) is 10.0. The van der Waals surface area contributed by atoms with E-state index in [2.05, 4.69) is 0 Å². The molecule has 0 heterocycles. The Hall–Kier alpha value is -1.93. The molecule has 0 amide bonds. The molecule has 0 radical (unpaired) electrons. The third-order valence-electron chi connectivity index (χ3n) is 4.62. The number of carbonyl (C=O) groups excluding carboxylic acids is 1. The minimum Gasteiger partial charge on any atom is -0.481 e. The molecule has 0 aliphatic rings. The highest BCUT2D eigenvalue weighted by Crippen LogP contribution is 2.42. The highest BCUT2D eigenvalue weighted by molar-refractivity contribution is 7.85. The summed E-state index contributed by atoms with van der Waals surface area (Å²) in [6, 6.07) is 9.09. The molecule has 1 aromatic carbocycles. The number of hydrogen-bond donors (Lipinski definition) is 1. The smallest absolute Gasteiger partial charge is 0.310 e. The summed E-state index contributed by atoms with van der Waals surface area (Å²) in [7, 11) is -3.73. The molecule has 7 nitrogen and oxygen atoms in total. The lowest BCUT2D eigenvalue weighted by Crippen LogP contribution is -2.47. The molecule has 0 bridgehead atoms. The van der Waals surface area contributed by atoms with Gasteiger partial charge >= 0.3 is 11.9 Å². The van der Waals surface area contributed by atoms with Crippen molar-refractivity contribution in [1.82, 2.24) is 0 Å². The van der Waals surface area contributed by atoms with E-state index in [4.69, 9.17) is 8.92 Å². The van der Waals surface area contributed by atoms with E-state index in [1.807, 2.05) is 44.2 Å². The third-order valence-corrected chi connectivity index (χ3v) is 5.22. The van der Waals surface area contributed by atoms with E-state index in [1.165, 1.54) is 0 Å². The van der Waals surface area contributed by atoms with Crippen LogP contribution in [0, 0.1) is 17.3 Å². The first kappa shape index (κ1) is 26.1. The zero-order valence-electron chi connectivity index (χ0n) is 18.7. The van der Waals surface area contributed by atoms with Gasteiger partial charge in [0.15, 0.2) is 0 Å². The predicted octanol–water partition coefficient (Wildman–Crippen LogP) is 3.67. The Balaban J connectivity index is 3.45. The van der Waals surface area contributed by atoms with Crippen molar-refractivity contribution in [3.8, 4) is 0 Å². The summed E-state index contributed by atoms with van der Waals surface area (Å²) in [5.41, 5.74) is -1.52. The number of hydrogen-bond acceptors (Lipinski definition) is 6. The van der Waals surface area contributed by atoms with Gasteiger partial charge in [0, 0.05) is 0 Å². The second kappa shape index (κ2) is 10.4. The SMILES string of the molecule is CC(C)C[C@@](Cc1ccccc1)(C(=O)O)[C@H](CCOS(C)(=O)=O)C(=O)OC(C)(C)C. The van der Waals surface area contributed by atoms with Crippen LogP contribution in [0.15, 0.2) is 30.3 Å². The standard InChI is InChI=1S/C22H34O7S/c1-16(2)14-22(20(24)25,15-17-10-8-7-9-11-17)18(12-13-28-30(6,26)27)19(23)29-21(3,4)5/h7-11,16,18H,12-15H2,1-6H3,(H,24,25)/t18-,22+/m1/s1. The van der Waals surface area contributed by atoms with Gasteiger partial charge in [-0.15, -0.1) is 0 Å². The van der Waals surface area contributed by atoms with Crippen LogP contribution in [-0.4, -0.2) is 43.9 Å². The average molecular weight is 443 g/mol. The van der Waals surface area contributed by atoms with Gasteiger partial charge in [-0.05, 0) is 51.5 Å². The monoisotopic (exact) mass is 442 g/mol. The Morgan fingerprint density at radius 2 is 1.67 bits per heavy atom. The van der Waals surface area contributed by atoms with Gasteiger partial charge in [0.1, 0.15) is 5.60 Å². The van der Waals surface area contributed by atoms with Gasteiger partial charge in [0.25, 0.3) is 10.1 Å². The summed E-state index contributed by atoms with van der Waals surface area (Å²) < 4.78 is 33.2. The van der Waals surface area contributed by atoms with Crippen LogP contribution in [-0.2, 0) is 35.0 Å². The molecular weight excluding hydrogens is 408 g/mol. The molecule has 0 unspecified atom stereocenters. The maximum Gasteiger partial charge on any atom is 0.310 e. The van der Waals surface area contributed by atoms with Crippen molar-refractivity contribution in [1.29, 1.82) is 0 Å². The normalized spacial score (nSPS) is 15.4. The molecule has 30 heavy (non-hydrogen) atoms. The van der Waals surface area contributed by atoms with Crippen molar-refractivity contribution in [2.75, 3.05) is 12.9 Å². The lowest BCUT2D eigenvalue weighted by molar-refractivity contribution is -0.175. The molecule has 0 saturated heterocycles. The van der Waals surface area contributed by atoms with Crippen LogP contribution >= 0.6 is 0 Å². The first-order chi connectivity index (χ1) is 13.7. The Labute approximate surface area is 179 Å². The van der Waals surface area contributed by atoms with Crippen molar-refractivity contribution in [2.24, 2.45) is 17.3 Å². The maximum absolute atomic E-state index is 13.1. The van der Waals surface area contributed by atoms with E-state index in [9.17, 15) is 23.1 Å². The lowest BCUT2D eigenvalue weighted by atomic mass is 9.65. The van der Waals surface area contributed by atoms with Crippen LogP contribution < -0.4 is 0 Å². The van der Waals surface area contributed by atoms with E-state index >= 15 is 0 Å². The zero-order chi connectivity index (χ0) is 23.2. The molecule has 2 atom stereocenters. The molecule has 1 aromatic rings. The first-order valence-corrected chi connectivity index (χ1v) is 11.8. The molecule has 0 aliphatic heterocycles. The van der Waals surface area contributed by atoms with E-state index < -0.39 is 39.0 Å². The Morgan fingerprint density at radius 3 is 2.10 bits per heavy atom. The van der Waals surface area contributed by atoms with Crippen LogP contribution in [0.1, 0.15) is 53.0 Å². The average Bonchev–Trinajstić information content (AvgIpc) is 2.55. The van der Waals surface area contributed by atoms with Gasteiger partial charge in [0.05, 0.1) is 24.2 Å². The number of carboxylic acid groups (broad SMARTS) is 1. The highest BCUT2D eigenvalue weighted by Gasteiger charge is 2.50. The largest absolute Gasteiger partial charge is 0.481 e. The fraction of sp³-hybridized carbons (Fsp3) is 0.636. The number of carboxylic acids is 1. The van der Waals surface area contributed by atoms with Gasteiger partial charge < -0.3 is 9.84 Å². The second-order valence-electron chi connectivity index (χ2n) is 9.12. The molecule has 1 rings (SSSR count). The third kappa shape index (κ3) is 8.44. The number of benzene rings is 1. The summed E-state index contributed by atoms with van der Waals surface area (Å²) in [5, 5.41) is 10.3. The molecule has 0 aromatic heterocycles. The van der Waals surface area contributed by atoms with Gasteiger partial charge in [-0.1, -0.05) is 44.2 Å². The number of ether oxygens (including phenoxy) is 1. The minimum absolute atomic E-state index is 0.0226. The lowest BCUT2D eigenvalue weighted by Gasteiger charge is -2.38. The van der Waals surface area contributed by atoms with Gasteiger partial charge in [-0.25, -0.2) is 0 Å². The van der Waals surface area contributed by atoms with Gasteiger partial charge in [-0.2, -0.15) is 8.42 Å². The highest BCUT2D eigenvalue weighted by atomic mass is 32.2.